The highest BCUT2D eigenvalue weighted by atomic mass is 35.5. The molecular formula is C18H21ClN2O6. The van der Waals surface area contributed by atoms with Crippen molar-refractivity contribution < 1.29 is 28.6 Å². The van der Waals surface area contributed by atoms with Crippen molar-refractivity contribution in [1.82, 2.24) is 10.6 Å². The molecule has 0 spiro atoms. The minimum absolute atomic E-state index is 0.126. The number of esters is 1. The summed E-state index contributed by atoms with van der Waals surface area (Å²) in [6, 6.07) is 2.79. The molecule has 0 radical (unpaired) electrons. The number of imide groups is 1. The van der Waals surface area contributed by atoms with E-state index in [0.717, 1.165) is 18.9 Å². The summed E-state index contributed by atoms with van der Waals surface area (Å²) in [7, 11) is 1.48. The number of urea groups is 1. The van der Waals surface area contributed by atoms with Crippen molar-refractivity contribution >= 4 is 35.6 Å². The fourth-order valence-electron chi connectivity index (χ4n) is 2.11. The highest BCUT2D eigenvalue weighted by Gasteiger charge is 2.24. The first-order valence-corrected chi connectivity index (χ1v) is 8.76. The fraction of sp³-hybridized carbons (Fsp3) is 0.389. The van der Waals surface area contributed by atoms with Crippen LogP contribution in [0.4, 0.5) is 4.79 Å². The molecule has 0 aliphatic heterocycles. The average Bonchev–Trinajstić information content (AvgIpc) is 3.42. The van der Waals surface area contributed by atoms with Crippen molar-refractivity contribution in [3.05, 3.63) is 28.8 Å². The third kappa shape index (κ3) is 6.82. The lowest BCUT2D eigenvalue weighted by Crippen LogP contribution is -2.42. The van der Waals surface area contributed by atoms with Crippen molar-refractivity contribution in [2.75, 3.05) is 20.3 Å². The van der Waals surface area contributed by atoms with Crippen molar-refractivity contribution in [3.8, 4) is 11.5 Å². The van der Waals surface area contributed by atoms with Crippen molar-refractivity contribution in [2.24, 2.45) is 0 Å². The molecular weight excluding hydrogens is 376 g/mol. The number of hydrogen-bond donors (Lipinski definition) is 2. The number of carbonyl (C=O) groups excluding carboxylic acids is 3. The number of amides is 3. The molecule has 0 saturated heterocycles. The molecule has 0 aromatic heterocycles. The van der Waals surface area contributed by atoms with Gasteiger partial charge in [0.2, 0.25) is 0 Å². The molecule has 1 saturated carbocycles. The Morgan fingerprint density at radius 3 is 2.67 bits per heavy atom. The van der Waals surface area contributed by atoms with Crippen LogP contribution in [0.3, 0.4) is 0 Å². The van der Waals surface area contributed by atoms with Gasteiger partial charge in [0, 0.05) is 12.1 Å². The van der Waals surface area contributed by atoms with Crippen LogP contribution in [-0.2, 0) is 14.3 Å². The highest BCUT2D eigenvalue weighted by molar-refractivity contribution is 6.32. The maximum absolute atomic E-state index is 11.7. The van der Waals surface area contributed by atoms with E-state index in [-0.39, 0.29) is 6.04 Å². The van der Waals surface area contributed by atoms with Crippen LogP contribution in [0, 0.1) is 0 Å². The molecule has 2 N–H and O–H groups in total. The maximum Gasteiger partial charge on any atom is 0.331 e. The molecule has 27 heavy (non-hydrogen) atoms. The number of carbonyl (C=O) groups is 3. The van der Waals surface area contributed by atoms with Gasteiger partial charge in [-0.05, 0) is 43.5 Å². The number of rotatable bonds is 8. The Hall–Kier alpha value is -2.74. The number of hydrogen-bond acceptors (Lipinski definition) is 6. The maximum atomic E-state index is 11.7. The molecule has 1 aliphatic carbocycles. The molecule has 0 atom stereocenters. The van der Waals surface area contributed by atoms with Crippen LogP contribution in [0.5, 0.6) is 11.5 Å². The smallest absolute Gasteiger partial charge is 0.331 e. The molecule has 0 bridgehead atoms. The summed E-state index contributed by atoms with van der Waals surface area (Å²) in [5.41, 5.74) is 0.592. The fourth-order valence-corrected chi connectivity index (χ4v) is 2.40. The first-order valence-electron chi connectivity index (χ1n) is 8.38. The Labute approximate surface area is 161 Å². The zero-order valence-electron chi connectivity index (χ0n) is 15.0. The Bertz CT molecular complexity index is 746. The summed E-state index contributed by atoms with van der Waals surface area (Å²) < 4.78 is 15.4. The number of ether oxygens (including phenoxy) is 3. The van der Waals surface area contributed by atoms with Crippen LogP contribution in [0.1, 0.15) is 25.3 Å². The topological polar surface area (TPSA) is 103 Å². The quantitative estimate of drug-likeness (QED) is 0.516. The van der Waals surface area contributed by atoms with E-state index < -0.39 is 24.5 Å². The van der Waals surface area contributed by atoms with Crippen LogP contribution in [0.25, 0.3) is 6.08 Å². The minimum atomic E-state index is -0.738. The predicted octanol–water partition coefficient (Wildman–Crippen LogP) is 2.29. The van der Waals surface area contributed by atoms with Gasteiger partial charge in [-0.25, -0.2) is 9.59 Å². The van der Waals surface area contributed by atoms with E-state index in [1.165, 1.54) is 13.2 Å². The standard InChI is InChI=1S/C18H21ClN2O6/c1-3-26-14-9-11(8-13(19)17(14)25-2)4-7-16(23)27-10-15(22)21-18(24)20-12-5-6-12/h4,7-9,12H,3,5-6,10H2,1-2H3,(H2,20,21,22,24)/b7-4+. The predicted molar refractivity (Wildman–Crippen MR) is 98.9 cm³/mol. The van der Waals surface area contributed by atoms with Crippen molar-refractivity contribution in [3.63, 3.8) is 0 Å². The van der Waals surface area contributed by atoms with Gasteiger partial charge in [-0.15, -0.1) is 0 Å². The summed E-state index contributed by atoms with van der Waals surface area (Å²) >= 11 is 6.13. The highest BCUT2D eigenvalue weighted by Crippen LogP contribution is 2.36. The summed E-state index contributed by atoms with van der Waals surface area (Å²) in [5.74, 6) is -0.598. The zero-order chi connectivity index (χ0) is 19.8. The van der Waals surface area contributed by atoms with Gasteiger partial charge >= 0.3 is 12.0 Å². The molecule has 0 heterocycles. The minimum Gasteiger partial charge on any atom is -0.491 e. The van der Waals surface area contributed by atoms with Crippen LogP contribution in [-0.4, -0.2) is 44.3 Å². The third-order valence-corrected chi connectivity index (χ3v) is 3.74. The number of benzene rings is 1. The first-order chi connectivity index (χ1) is 12.9. The second-order valence-electron chi connectivity index (χ2n) is 5.70. The molecule has 2 rings (SSSR count). The van der Waals surface area contributed by atoms with Gasteiger partial charge in [-0.2, -0.15) is 0 Å². The number of methoxy groups -OCH3 is 1. The lowest BCUT2D eigenvalue weighted by Gasteiger charge is -2.11. The second kappa shape index (κ2) is 9.82. The second-order valence-corrected chi connectivity index (χ2v) is 6.11. The lowest BCUT2D eigenvalue weighted by atomic mass is 10.2. The molecule has 1 aromatic carbocycles. The molecule has 1 aromatic rings. The van der Waals surface area contributed by atoms with Gasteiger partial charge in [0.15, 0.2) is 18.1 Å². The Balaban J connectivity index is 1.86. The number of halogens is 1. The Kier molecular flexibility index (Phi) is 7.48. The molecule has 0 unspecified atom stereocenters. The van der Waals surface area contributed by atoms with Crippen LogP contribution in [0.2, 0.25) is 5.02 Å². The van der Waals surface area contributed by atoms with Crippen molar-refractivity contribution in [2.45, 2.75) is 25.8 Å². The Morgan fingerprint density at radius 2 is 2.04 bits per heavy atom. The van der Waals surface area contributed by atoms with Crippen molar-refractivity contribution in [1.29, 1.82) is 0 Å². The van der Waals surface area contributed by atoms with E-state index in [9.17, 15) is 14.4 Å². The number of nitrogens with one attached hydrogen (secondary N) is 2. The molecule has 8 nitrogen and oxygen atoms in total. The summed E-state index contributed by atoms with van der Waals surface area (Å²) in [5, 5.41) is 5.00. The Morgan fingerprint density at radius 1 is 1.30 bits per heavy atom. The summed E-state index contributed by atoms with van der Waals surface area (Å²) in [6.45, 7) is 1.68. The molecule has 146 valence electrons. The van der Waals surface area contributed by atoms with E-state index in [2.05, 4.69) is 10.6 Å². The summed E-state index contributed by atoms with van der Waals surface area (Å²) in [4.78, 5) is 34.7. The van der Waals surface area contributed by atoms with E-state index in [0.29, 0.717) is 28.7 Å². The van der Waals surface area contributed by atoms with Gasteiger partial charge in [0.25, 0.3) is 5.91 Å². The van der Waals surface area contributed by atoms with E-state index in [1.54, 1.807) is 12.1 Å². The van der Waals surface area contributed by atoms with Crippen LogP contribution < -0.4 is 20.1 Å². The molecule has 1 fully saturated rings. The molecule has 1 aliphatic rings. The van der Waals surface area contributed by atoms with Gasteiger partial charge in [-0.3, -0.25) is 10.1 Å². The van der Waals surface area contributed by atoms with Gasteiger partial charge in [0.05, 0.1) is 18.7 Å². The van der Waals surface area contributed by atoms with E-state index in [1.807, 2.05) is 6.92 Å². The van der Waals surface area contributed by atoms with E-state index in [4.69, 9.17) is 25.8 Å². The lowest BCUT2D eigenvalue weighted by molar-refractivity contribution is -0.143. The zero-order valence-corrected chi connectivity index (χ0v) is 15.8. The average molecular weight is 397 g/mol. The van der Waals surface area contributed by atoms with Crippen LogP contribution >= 0.6 is 11.6 Å². The van der Waals surface area contributed by atoms with Gasteiger partial charge in [0.1, 0.15) is 0 Å². The first kappa shape index (κ1) is 20.6. The normalized spacial score (nSPS) is 13.1. The monoisotopic (exact) mass is 396 g/mol. The van der Waals surface area contributed by atoms with Gasteiger partial charge in [-0.1, -0.05) is 11.6 Å². The molecule has 3 amide bonds. The largest absolute Gasteiger partial charge is 0.491 e. The van der Waals surface area contributed by atoms with Crippen LogP contribution in [0.15, 0.2) is 18.2 Å². The summed E-state index contributed by atoms with van der Waals surface area (Å²) in [6.07, 6.45) is 4.42. The molecule has 9 heteroatoms. The van der Waals surface area contributed by atoms with E-state index >= 15 is 0 Å². The third-order valence-electron chi connectivity index (χ3n) is 3.46. The SMILES string of the molecule is CCOc1cc(/C=C/C(=O)OCC(=O)NC(=O)NC2CC2)cc(Cl)c1OC. The van der Waals surface area contributed by atoms with Gasteiger partial charge < -0.3 is 19.5 Å².